The summed E-state index contributed by atoms with van der Waals surface area (Å²) in [4.78, 5) is 33.8. The number of fused-ring (bicyclic) bond motifs is 6. The third-order valence-corrected chi connectivity index (χ3v) is 10.6. The molecule has 0 aromatic rings. The molecule has 0 aromatic carbocycles. The van der Waals surface area contributed by atoms with Crippen molar-refractivity contribution in [3.05, 3.63) is 47.6 Å². The maximum atomic E-state index is 12.2. The van der Waals surface area contributed by atoms with Crippen LogP contribution in [0.1, 0.15) is 90.9 Å². The number of esters is 2. The lowest BCUT2D eigenvalue weighted by Crippen LogP contribution is -2.28. The zero-order chi connectivity index (χ0) is 30.9. The number of epoxide rings is 2. The summed E-state index contributed by atoms with van der Waals surface area (Å²) in [5.41, 5.74) is 3.21. The topological polar surface area (TPSA) is 102 Å². The fourth-order valence-electron chi connectivity index (χ4n) is 7.52. The number of unbranched alkanes of at least 4 members (excludes halogenated alkanes) is 3. The van der Waals surface area contributed by atoms with Gasteiger partial charge in [0, 0.05) is 48.5 Å². The van der Waals surface area contributed by atoms with E-state index in [4.69, 9.17) is 28.9 Å². The van der Waals surface area contributed by atoms with Gasteiger partial charge in [0.2, 0.25) is 0 Å². The summed E-state index contributed by atoms with van der Waals surface area (Å²) in [6, 6.07) is 0. The molecule has 0 unspecified atom stereocenters. The zero-order valence-corrected chi connectivity index (χ0v) is 26.4. The number of allylic oxidation sites excluding steroid dienone is 4. The van der Waals surface area contributed by atoms with Crippen LogP contribution in [0, 0.1) is 11.8 Å². The van der Waals surface area contributed by atoms with Crippen molar-refractivity contribution < 1.29 is 28.5 Å². The molecule has 0 amide bonds. The minimum Gasteiger partial charge on any atom is -0.455 e. The first-order chi connectivity index (χ1) is 21.2. The molecule has 8 heteroatoms. The average Bonchev–Trinajstić information content (AvgIpc) is 3.80. The highest BCUT2D eigenvalue weighted by molar-refractivity contribution is 5.91. The van der Waals surface area contributed by atoms with Crippen LogP contribution in [0.25, 0.3) is 0 Å². The molecule has 0 saturated carbocycles. The van der Waals surface area contributed by atoms with Gasteiger partial charge in [0.15, 0.2) is 0 Å². The highest BCUT2D eigenvalue weighted by Gasteiger charge is 2.62. The van der Waals surface area contributed by atoms with E-state index in [1.807, 2.05) is 12.4 Å². The highest BCUT2D eigenvalue weighted by atomic mass is 16.7. The standard InChI is InChI=1S/C36H48N2O6/c1-23-27-15-13-25(11-9-17-35(3)31(43-35)29(27)41-33(23)39)21-37-19-7-5-6-8-20-38-22-26-12-10-18-36(4)32(44-36)30-28(16-14-26)24(2)34(40)42-30/h11-12,21-22,27-32H,1-2,5-10,13-20H2,3-4H3/b25-11+,26-12+,37-21-,38-22+/t27-,28-,29-,30-,31-,32-,35+,36+/m0/s1. The molecule has 0 radical (unpaired) electrons. The van der Waals surface area contributed by atoms with Crippen LogP contribution in [0.4, 0.5) is 0 Å². The predicted octanol–water partition coefficient (Wildman–Crippen LogP) is 6.20. The molecule has 0 aromatic heterocycles. The van der Waals surface area contributed by atoms with Crippen molar-refractivity contribution in [1.29, 1.82) is 0 Å². The molecule has 0 bridgehead atoms. The van der Waals surface area contributed by atoms with Crippen molar-refractivity contribution in [3.63, 3.8) is 0 Å². The molecule has 6 rings (SSSR count). The van der Waals surface area contributed by atoms with Crippen molar-refractivity contribution in [2.24, 2.45) is 21.8 Å². The SMILES string of the molecule is C=C1C(=O)O[C@H]2[C@H]1CCC(/C=N\CCCCCC/N=C/C1=C/CC[C@@]3(C)O[C@H]3[C@H]3OC(=O)C(=C)[C@@H]3CC1)=C\CC[C@@]1(C)O[C@@H]21. The molecule has 0 N–H and O–H groups in total. The van der Waals surface area contributed by atoms with Crippen LogP contribution in [0.5, 0.6) is 0 Å². The number of ether oxygens (including phenoxy) is 4. The van der Waals surface area contributed by atoms with Gasteiger partial charge in [-0.05, 0) is 89.2 Å². The van der Waals surface area contributed by atoms with Crippen LogP contribution in [-0.4, -0.2) is 73.1 Å². The van der Waals surface area contributed by atoms with Crippen LogP contribution >= 0.6 is 0 Å². The third kappa shape index (κ3) is 6.71. The second kappa shape index (κ2) is 12.9. The molecule has 4 aliphatic heterocycles. The van der Waals surface area contributed by atoms with Crippen LogP contribution in [0.2, 0.25) is 0 Å². The number of nitrogens with zero attached hydrogens (tertiary/aromatic N) is 2. The normalized spacial score (nSPS) is 41.0. The van der Waals surface area contributed by atoms with Crippen molar-refractivity contribution in [1.82, 2.24) is 0 Å². The Kier molecular flexibility index (Phi) is 9.12. The number of carbonyl (C=O) groups is 2. The summed E-state index contributed by atoms with van der Waals surface area (Å²) >= 11 is 0. The number of rotatable bonds is 9. The van der Waals surface area contributed by atoms with Gasteiger partial charge in [0.05, 0.1) is 11.2 Å². The molecular weight excluding hydrogens is 556 g/mol. The van der Waals surface area contributed by atoms with E-state index in [2.05, 4.69) is 39.2 Å². The first kappa shape index (κ1) is 31.2. The molecule has 44 heavy (non-hydrogen) atoms. The Hall–Kier alpha value is -2.84. The van der Waals surface area contributed by atoms with Gasteiger partial charge in [-0.15, -0.1) is 0 Å². The van der Waals surface area contributed by atoms with Crippen LogP contribution in [0.3, 0.4) is 0 Å². The first-order valence-electron chi connectivity index (χ1n) is 16.7. The molecule has 8 nitrogen and oxygen atoms in total. The number of carbonyl (C=O) groups excluding carboxylic acids is 2. The smallest absolute Gasteiger partial charge is 0.334 e. The average molecular weight is 605 g/mol. The summed E-state index contributed by atoms with van der Waals surface area (Å²) in [5.74, 6) is -0.497. The first-order valence-corrected chi connectivity index (χ1v) is 16.7. The number of hydrogen-bond donors (Lipinski definition) is 0. The second-order valence-electron chi connectivity index (χ2n) is 13.9. The van der Waals surface area contributed by atoms with Crippen molar-refractivity contribution >= 4 is 24.4 Å². The quantitative estimate of drug-likeness (QED) is 0.102. The van der Waals surface area contributed by atoms with E-state index >= 15 is 0 Å². The largest absolute Gasteiger partial charge is 0.455 e. The van der Waals surface area contributed by atoms with Gasteiger partial charge >= 0.3 is 11.9 Å². The molecule has 4 heterocycles. The van der Waals surface area contributed by atoms with Gasteiger partial charge in [-0.25, -0.2) is 9.59 Å². The summed E-state index contributed by atoms with van der Waals surface area (Å²) in [5, 5.41) is 0. The van der Waals surface area contributed by atoms with Crippen molar-refractivity contribution in [2.75, 3.05) is 13.1 Å². The predicted molar refractivity (Wildman–Crippen MR) is 170 cm³/mol. The third-order valence-electron chi connectivity index (χ3n) is 10.6. The van der Waals surface area contributed by atoms with Gasteiger partial charge in [-0.3, -0.25) is 9.98 Å². The minimum absolute atomic E-state index is 0.00782. The van der Waals surface area contributed by atoms with E-state index in [0.717, 1.165) is 90.1 Å². The Bertz CT molecular complexity index is 1200. The molecule has 238 valence electrons. The maximum Gasteiger partial charge on any atom is 0.334 e. The second-order valence-corrected chi connectivity index (χ2v) is 13.9. The molecule has 6 aliphatic rings. The van der Waals surface area contributed by atoms with Gasteiger partial charge < -0.3 is 18.9 Å². The Morgan fingerprint density at radius 2 is 1.18 bits per heavy atom. The van der Waals surface area contributed by atoms with Crippen LogP contribution in [0.15, 0.2) is 57.6 Å². The summed E-state index contributed by atoms with van der Waals surface area (Å²) < 4.78 is 23.3. The lowest BCUT2D eigenvalue weighted by atomic mass is 9.84. The van der Waals surface area contributed by atoms with Crippen LogP contribution in [-0.2, 0) is 28.5 Å². The van der Waals surface area contributed by atoms with Gasteiger partial charge in [0.25, 0.3) is 0 Å². The van der Waals surface area contributed by atoms with Gasteiger partial charge in [-0.2, -0.15) is 0 Å². The molecular formula is C36H48N2O6. The maximum absolute atomic E-state index is 12.2. The van der Waals surface area contributed by atoms with Gasteiger partial charge in [-0.1, -0.05) is 38.2 Å². The van der Waals surface area contributed by atoms with Crippen molar-refractivity contribution in [3.8, 4) is 0 Å². The lowest BCUT2D eigenvalue weighted by Gasteiger charge is -2.19. The summed E-state index contributed by atoms with van der Waals surface area (Å²) in [6.07, 6.45) is 19.7. The van der Waals surface area contributed by atoms with E-state index in [-0.39, 0.29) is 59.4 Å². The number of hydrogen-bond acceptors (Lipinski definition) is 8. The minimum atomic E-state index is -0.270. The highest BCUT2D eigenvalue weighted by Crippen LogP contribution is 2.51. The molecule has 4 fully saturated rings. The Labute approximate surface area is 261 Å². The molecule has 8 atom stereocenters. The Balaban J connectivity index is 0.896. The van der Waals surface area contributed by atoms with E-state index in [0.29, 0.717) is 11.1 Å². The Morgan fingerprint density at radius 3 is 1.61 bits per heavy atom. The van der Waals surface area contributed by atoms with Gasteiger partial charge in [0.1, 0.15) is 24.4 Å². The fraction of sp³-hybridized carbons (Fsp3) is 0.667. The molecule has 0 spiro atoms. The molecule has 4 saturated heterocycles. The molecule has 2 aliphatic carbocycles. The van der Waals surface area contributed by atoms with E-state index in [1.165, 1.54) is 11.1 Å². The lowest BCUT2D eigenvalue weighted by molar-refractivity contribution is -0.140. The van der Waals surface area contributed by atoms with Crippen LogP contribution < -0.4 is 0 Å². The monoisotopic (exact) mass is 604 g/mol. The van der Waals surface area contributed by atoms with E-state index < -0.39 is 0 Å². The zero-order valence-electron chi connectivity index (χ0n) is 26.4. The van der Waals surface area contributed by atoms with Crippen molar-refractivity contribution in [2.45, 2.75) is 127 Å². The summed E-state index contributed by atoms with van der Waals surface area (Å²) in [7, 11) is 0. The fourth-order valence-corrected chi connectivity index (χ4v) is 7.52. The van der Waals surface area contributed by atoms with E-state index in [1.54, 1.807) is 0 Å². The summed E-state index contributed by atoms with van der Waals surface area (Å²) in [6.45, 7) is 13.9. The van der Waals surface area contributed by atoms with E-state index in [9.17, 15) is 9.59 Å². The Morgan fingerprint density at radius 1 is 0.750 bits per heavy atom. The number of aliphatic imine (C=N–C) groups is 2.